The molecule has 0 unspecified atom stereocenters. The van der Waals surface area contributed by atoms with Crippen LogP contribution in [0.25, 0.3) is 0 Å². The van der Waals surface area contributed by atoms with Crippen LogP contribution in [0.3, 0.4) is 0 Å². The summed E-state index contributed by atoms with van der Waals surface area (Å²) >= 11 is 0. The van der Waals surface area contributed by atoms with Crippen LogP contribution in [0.2, 0.25) is 0 Å². The van der Waals surface area contributed by atoms with Gasteiger partial charge in [0.1, 0.15) is 11.3 Å². The van der Waals surface area contributed by atoms with Gasteiger partial charge in [0.2, 0.25) is 10.0 Å². The molecule has 1 aromatic carbocycles. The molecule has 0 spiro atoms. The summed E-state index contributed by atoms with van der Waals surface area (Å²) in [6, 6.07) is 2.21. The molecule has 1 aliphatic rings. The number of carboxylic acids is 1. The van der Waals surface area contributed by atoms with Crippen molar-refractivity contribution in [1.29, 1.82) is 0 Å². The molecule has 2 rings (SSSR count). The van der Waals surface area contributed by atoms with E-state index in [1.165, 1.54) is 10.4 Å². The van der Waals surface area contributed by atoms with E-state index >= 15 is 0 Å². The molecule has 1 heterocycles. The SMILES string of the molecule is Cc1cc(O)c(C(=O)O)cc1S(=O)(=O)N1CCC(C)(C)C1. The minimum Gasteiger partial charge on any atom is -0.507 e. The third-order valence-electron chi connectivity index (χ3n) is 3.78. The first-order valence-electron chi connectivity index (χ1n) is 6.62. The molecule has 0 aliphatic carbocycles. The molecule has 0 saturated carbocycles. The van der Waals surface area contributed by atoms with Gasteiger partial charge in [-0.1, -0.05) is 13.8 Å². The van der Waals surface area contributed by atoms with Gasteiger partial charge in [-0.2, -0.15) is 4.31 Å². The second kappa shape index (κ2) is 4.99. The van der Waals surface area contributed by atoms with E-state index in [2.05, 4.69) is 0 Å². The highest BCUT2D eigenvalue weighted by Crippen LogP contribution is 2.34. The lowest BCUT2D eigenvalue weighted by atomic mass is 9.93. The van der Waals surface area contributed by atoms with Crippen LogP contribution in [-0.2, 0) is 10.0 Å². The molecule has 116 valence electrons. The number of aromatic hydroxyl groups is 1. The van der Waals surface area contributed by atoms with Crippen molar-refractivity contribution in [1.82, 2.24) is 4.31 Å². The Hall–Kier alpha value is -1.60. The highest BCUT2D eigenvalue weighted by atomic mass is 32.2. The van der Waals surface area contributed by atoms with Gasteiger partial charge in [0, 0.05) is 13.1 Å². The quantitative estimate of drug-likeness (QED) is 0.887. The number of aromatic carboxylic acids is 1. The van der Waals surface area contributed by atoms with Crippen LogP contribution in [0.1, 0.15) is 36.2 Å². The lowest BCUT2D eigenvalue weighted by molar-refractivity contribution is 0.0693. The first kappa shape index (κ1) is 15.8. The van der Waals surface area contributed by atoms with Gasteiger partial charge in [-0.25, -0.2) is 13.2 Å². The highest BCUT2D eigenvalue weighted by Gasteiger charge is 2.37. The van der Waals surface area contributed by atoms with Crippen LogP contribution in [0.15, 0.2) is 17.0 Å². The Kier molecular flexibility index (Phi) is 3.75. The van der Waals surface area contributed by atoms with E-state index < -0.39 is 27.3 Å². The van der Waals surface area contributed by atoms with E-state index in [4.69, 9.17) is 5.11 Å². The fourth-order valence-corrected chi connectivity index (χ4v) is 4.39. The van der Waals surface area contributed by atoms with Gasteiger partial charge < -0.3 is 10.2 Å². The number of phenols is 1. The molecule has 0 radical (unpaired) electrons. The van der Waals surface area contributed by atoms with Gasteiger partial charge in [0.25, 0.3) is 0 Å². The minimum atomic E-state index is -3.75. The topological polar surface area (TPSA) is 94.9 Å². The van der Waals surface area contributed by atoms with Gasteiger partial charge >= 0.3 is 5.97 Å². The molecule has 1 saturated heterocycles. The fourth-order valence-electron chi connectivity index (χ4n) is 2.53. The van der Waals surface area contributed by atoms with E-state index in [0.717, 1.165) is 12.5 Å². The maximum absolute atomic E-state index is 12.7. The average molecular weight is 313 g/mol. The number of aryl methyl sites for hydroxylation is 1. The average Bonchev–Trinajstić information content (AvgIpc) is 2.69. The van der Waals surface area contributed by atoms with Crippen LogP contribution in [0, 0.1) is 12.3 Å². The minimum absolute atomic E-state index is 0.0598. The summed E-state index contributed by atoms with van der Waals surface area (Å²) in [5.41, 5.74) is -0.159. The molecule has 21 heavy (non-hydrogen) atoms. The number of hydrogen-bond donors (Lipinski definition) is 2. The molecule has 1 fully saturated rings. The number of carboxylic acid groups (broad SMARTS) is 1. The summed E-state index contributed by atoms with van der Waals surface area (Å²) in [5, 5.41) is 18.6. The standard InChI is InChI=1S/C14H19NO5S/c1-9-6-11(16)10(13(17)18)7-12(9)21(19,20)15-5-4-14(2,3)8-15/h6-7,16H,4-5,8H2,1-3H3,(H,17,18). The number of rotatable bonds is 3. The number of hydrogen-bond acceptors (Lipinski definition) is 4. The number of carbonyl (C=O) groups is 1. The zero-order valence-corrected chi connectivity index (χ0v) is 13.1. The van der Waals surface area contributed by atoms with Crippen LogP contribution >= 0.6 is 0 Å². The van der Waals surface area contributed by atoms with Gasteiger partial charge in [0.15, 0.2) is 0 Å². The Bertz CT molecular complexity index is 694. The molecule has 6 nitrogen and oxygen atoms in total. The first-order valence-corrected chi connectivity index (χ1v) is 8.06. The molecule has 0 amide bonds. The van der Waals surface area contributed by atoms with E-state index in [1.54, 1.807) is 6.92 Å². The number of sulfonamides is 1. The molecule has 0 aromatic heterocycles. The zero-order valence-electron chi connectivity index (χ0n) is 12.3. The molecule has 0 bridgehead atoms. The Morgan fingerprint density at radius 2 is 1.95 bits per heavy atom. The van der Waals surface area contributed by atoms with E-state index in [9.17, 15) is 18.3 Å². The lowest BCUT2D eigenvalue weighted by Gasteiger charge is -2.21. The first-order chi connectivity index (χ1) is 9.54. The van der Waals surface area contributed by atoms with Crippen molar-refractivity contribution >= 4 is 16.0 Å². The molecule has 7 heteroatoms. The van der Waals surface area contributed by atoms with Gasteiger partial charge in [-0.05, 0) is 36.5 Å². The summed E-state index contributed by atoms with van der Waals surface area (Å²) in [6.45, 7) is 6.35. The van der Waals surface area contributed by atoms with E-state index in [-0.39, 0.29) is 10.3 Å². The fraction of sp³-hybridized carbons (Fsp3) is 0.500. The Morgan fingerprint density at radius 1 is 1.33 bits per heavy atom. The van der Waals surface area contributed by atoms with Crippen molar-refractivity contribution < 1.29 is 23.4 Å². The number of benzene rings is 1. The molecular weight excluding hydrogens is 294 g/mol. The smallest absolute Gasteiger partial charge is 0.339 e. The lowest BCUT2D eigenvalue weighted by Crippen LogP contribution is -2.31. The zero-order chi connectivity index (χ0) is 16.0. The Labute approximate surface area is 124 Å². The molecule has 1 aliphatic heterocycles. The van der Waals surface area contributed by atoms with Crippen molar-refractivity contribution in [2.45, 2.75) is 32.1 Å². The second-order valence-corrected chi connectivity index (χ2v) is 8.10. The molecule has 0 atom stereocenters. The predicted molar refractivity (Wildman–Crippen MR) is 77.0 cm³/mol. The predicted octanol–water partition coefficient (Wildman–Crippen LogP) is 1.82. The molecule has 1 aromatic rings. The van der Waals surface area contributed by atoms with Crippen molar-refractivity contribution in [2.75, 3.05) is 13.1 Å². The maximum atomic E-state index is 12.7. The van der Waals surface area contributed by atoms with Gasteiger partial charge in [0.05, 0.1) is 4.90 Å². The van der Waals surface area contributed by atoms with Crippen LogP contribution < -0.4 is 0 Å². The van der Waals surface area contributed by atoms with Crippen LogP contribution in [0.5, 0.6) is 5.75 Å². The van der Waals surface area contributed by atoms with Crippen molar-refractivity contribution in [3.63, 3.8) is 0 Å². The van der Waals surface area contributed by atoms with Crippen molar-refractivity contribution in [3.05, 3.63) is 23.3 Å². The van der Waals surface area contributed by atoms with Crippen molar-refractivity contribution in [2.24, 2.45) is 5.41 Å². The summed E-state index contributed by atoms with van der Waals surface area (Å²) in [5.74, 6) is -1.79. The Balaban J connectivity index is 2.51. The summed E-state index contributed by atoms with van der Waals surface area (Å²) < 4.78 is 26.7. The number of nitrogens with zero attached hydrogens (tertiary/aromatic N) is 1. The maximum Gasteiger partial charge on any atom is 0.339 e. The van der Waals surface area contributed by atoms with Crippen LogP contribution in [-0.4, -0.2) is 42.0 Å². The third kappa shape index (κ3) is 2.89. The largest absolute Gasteiger partial charge is 0.507 e. The van der Waals surface area contributed by atoms with Gasteiger partial charge in [-0.3, -0.25) is 0 Å². The molecular formula is C14H19NO5S. The summed E-state index contributed by atoms with van der Waals surface area (Å²) in [4.78, 5) is 11.0. The monoisotopic (exact) mass is 313 g/mol. The normalized spacial score (nSPS) is 18.8. The Morgan fingerprint density at radius 3 is 2.43 bits per heavy atom. The highest BCUT2D eigenvalue weighted by molar-refractivity contribution is 7.89. The van der Waals surface area contributed by atoms with Crippen LogP contribution in [0.4, 0.5) is 0 Å². The molecule has 2 N–H and O–H groups in total. The summed E-state index contributed by atoms with van der Waals surface area (Å²) in [6.07, 6.45) is 0.759. The second-order valence-electron chi connectivity index (χ2n) is 6.19. The van der Waals surface area contributed by atoms with E-state index in [1.807, 2.05) is 13.8 Å². The van der Waals surface area contributed by atoms with E-state index in [0.29, 0.717) is 18.7 Å². The van der Waals surface area contributed by atoms with Crippen molar-refractivity contribution in [3.8, 4) is 5.75 Å². The third-order valence-corrected chi connectivity index (χ3v) is 5.77. The van der Waals surface area contributed by atoms with Gasteiger partial charge in [-0.15, -0.1) is 0 Å². The summed E-state index contributed by atoms with van der Waals surface area (Å²) in [7, 11) is -3.75.